The average Bonchev–Trinajstić information content (AvgIpc) is 2.60. The Morgan fingerprint density at radius 2 is 0.692 bits per heavy atom. The van der Waals surface area contributed by atoms with Crippen molar-refractivity contribution in [2.24, 2.45) is 0 Å². The van der Waals surface area contributed by atoms with Crippen LogP contribution < -0.4 is 0 Å². The molecule has 0 unspecified atom stereocenters. The second kappa shape index (κ2) is 9.53. The number of hydrogen-bond donors (Lipinski definition) is 0. The maximum Gasteiger partial charge on any atom is 0.762 e. The van der Waals surface area contributed by atoms with Gasteiger partial charge in [0.1, 0.15) is 0 Å². The molecule has 0 saturated heterocycles. The van der Waals surface area contributed by atoms with Crippen LogP contribution in [-0.4, -0.2) is 7.54 Å². The van der Waals surface area contributed by atoms with Crippen LogP contribution in [0.25, 0.3) is 0 Å². The Morgan fingerprint density at radius 3 is 0.885 bits per heavy atom. The number of hydrogen-bond acceptors (Lipinski definition) is 0. The second-order valence-electron chi connectivity index (χ2n) is 5.99. The fraction of sp³-hybridized carbons (Fsp3) is 0.143. The molecule has 0 atom stereocenters. The van der Waals surface area contributed by atoms with Gasteiger partial charge in [-0.1, -0.05) is 53.1 Å². The van der Waals surface area contributed by atoms with Crippen molar-refractivity contribution >= 4 is 18.4 Å². The predicted molar refractivity (Wildman–Crippen MR) is 105 cm³/mol. The van der Waals surface area contributed by atoms with Gasteiger partial charge >= 0.3 is 7.54 Å². The summed E-state index contributed by atoms with van der Waals surface area (Å²) in [4.78, 5) is 4.12. The van der Waals surface area contributed by atoms with Gasteiger partial charge in [0.2, 0.25) is 0 Å². The molecule has 0 nitrogen and oxygen atoms in total. The summed E-state index contributed by atoms with van der Waals surface area (Å²) in [5, 5.41) is 0. The smallest absolute Gasteiger partial charge is 0.254 e. The van der Waals surface area contributed by atoms with E-state index in [0.717, 1.165) is 0 Å². The van der Waals surface area contributed by atoms with E-state index in [1.807, 2.05) is 0 Å². The van der Waals surface area contributed by atoms with Crippen LogP contribution in [0.5, 0.6) is 0 Å². The second-order valence-corrected chi connectivity index (χ2v) is 8.02. The topological polar surface area (TPSA) is 0 Å². The lowest BCUT2D eigenvalue weighted by Crippen LogP contribution is -2.04. The Hall–Kier alpha value is -2.14. The molecule has 0 amide bonds. The molecule has 0 N–H and O–H groups in total. The zero-order valence-corrected chi connectivity index (χ0v) is 15.9. The normalized spacial score (nSPS) is 10.3. The molecule has 3 aromatic rings. The molecule has 0 radical (unpaired) electrons. The molecule has 0 aliphatic carbocycles. The third kappa shape index (κ3) is 5.99. The minimum atomic E-state index is -3.67. The summed E-state index contributed by atoms with van der Waals surface area (Å²) in [6, 6.07) is 26.8. The molecule has 26 heavy (non-hydrogen) atoms. The van der Waals surface area contributed by atoms with E-state index in [4.69, 9.17) is 0 Å². The van der Waals surface area contributed by atoms with Gasteiger partial charge in [-0.3, -0.25) is 12.9 Å². The maximum absolute atomic E-state index is 9.67. The highest BCUT2D eigenvalue weighted by Crippen LogP contribution is 2.31. The molecular formula is C21H21BF3S+. The van der Waals surface area contributed by atoms with Gasteiger partial charge in [0, 0.05) is 0 Å². The van der Waals surface area contributed by atoms with Gasteiger partial charge in [0.05, 0.1) is 10.9 Å². The van der Waals surface area contributed by atoms with Crippen molar-refractivity contribution in [3.63, 3.8) is 0 Å². The maximum atomic E-state index is 9.67. The van der Waals surface area contributed by atoms with Crippen LogP contribution in [0.4, 0.5) is 12.9 Å². The Balaban J connectivity index is 0.000000552. The molecule has 0 bridgehead atoms. The number of benzene rings is 3. The van der Waals surface area contributed by atoms with Crippen LogP contribution in [-0.2, 0) is 10.9 Å². The lowest BCUT2D eigenvalue weighted by molar-refractivity contribution is 0.535. The van der Waals surface area contributed by atoms with Gasteiger partial charge in [-0.05, 0) is 57.2 Å². The Kier molecular flexibility index (Phi) is 7.40. The molecule has 0 spiro atoms. The molecular weight excluding hydrogens is 352 g/mol. The standard InChI is InChI=1S/C21H21S.BF3/c1-16-4-10-19(11-5-16)22(20-12-6-17(2)7-13-20)21-14-8-18(3)9-15-21;2-1(3)4/h4-15H,1-3H3;/q+1;. The van der Waals surface area contributed by atoms with Crippen molar-refractivity contribution in [3.05, 3.63) is 89.5 Å². The minimum absolute atomic E-state index is 0.0394. The van der Waals surface area contributed by atoms with Gasteiger partial charge in [0.15, 0.2) is 14.7 Å². The van der Waals surface area contributed by atoms with Crippen molar-refractivity contribution in [2.75, 3.05) is 0 Å². The summed E-state index contributed by atoms with van der Waals surface area (Å²) < 4.78 is 29.0. The van der Waals surface area contributed by atoms with Crippen LogP contribution in [0.3, 0.4) is 0 Å². The van der Waals surface area contributed by atoms with E-state index in [1.54, 1.807) is 0 Å². The van der Waals surface area contributed by atoms with Crippen LogP contribution in [0.1, 0.15) is 16.7 Å². The van der Waals surface area contributed by atoms with Crippen LogP contribution in [0, 0.1) is 20.8 Å². The van der Waals surface area contributed by atoms with E-state index in [9.17, 15) is 12.9 Å². The van der Waals surface area contributed by atoms with E-state index in [-0.39, 0.29) is 10.9 Å². The summed E-state index contributed by atoms with van der Waals surface area (Å²) in [7, 11) is -3.71. The fourth-order valence-corrected chi connectivity index (χ4v) is 4.47. The molecule has 0 fully saturated rings. The van der Waals surface area contributed by atoms with E-state index in [0.29, 0.717) is 0 Å². The lowest BCUT2D eigenvalue weighted by atomic mass is 10.2. The SMILES string of the molecule is Cc1ccc([S+](c2ccc(C)cc2)c2ccc(C)cc2)cc1.FB(F)F. The van der Waals surface area contributed by atoms with Gasteiger partial charge in [-0.25, -0.2) is 0 Å². The van der Waals surface area contributed by atoms with Crippen LogP contribution in [0.15, 0.2) is 87.5 Å². The van der Waals surface area contributed by atoms with E-state index in [1.165, 1.54) is 31.4 Å². The van der Waals surface area contributed by atoms with Crippen molar-refractivity contribution in [1.82, 2.24) is 0 Å². The Labute approximate surface area is 156 Å². The summed E-state index contributed by atoms with van der Waals surface area (Å²) in [6.07, 6.45) is 0. The third-order valence-corrected chi connectivity index (χ3v) is 6.00. The molecule has 0 saturated carbocycles. The largest absolute Gasteiger partial charge is 0.762 e. The highest BCUT2D eigenvalue weighted by molar-refractivity contribution is 7.97. The number of aryl methyl sites for hydroxylation is 3. The lowest BCUT2D eigenvalue weighted by Gasteiger charge is -2.09. The monoisotopic (exact) mass is 373 g/mol. The number of rotatable bonds is 3. The molecule has 0 aromatic heterocycles. The van der Waals surface area contributed by atoms with Crippen molar-refractivity contribution in [2.45, 2.75) is 35.5 Å². The Bertz CT molecular complexity index is 689. The zero-order chi connectivity index (χ0) is 19.1. The first-order chi connectivity index (χ1) is 12.4. The van der Waals surface area contributed by atoms with Gasteiger partial charge in [-0.2, -0.15) is 0 Å². The predicted octanol–water partition coefficient (Wildman–Crippen LogP) is 6.59. The average molecular weight is 373 g/mol. The van der Waals surface area contributed by atoms with Crippen molar-refractivity contribution in [1.29, 1.82) is 0 Å². The third-order valence-electron chi connectivity index (χ3n) is 3.77. The van der Waals surface area contributed by atoms with Gasteiger partial charge in [-0.15, -0.1) is 0 Å². The van der Waals surface area contributed by atoms with Gasteiger partial charge in [0.25, 0.3) is 0 Å². The first-order valence-corrected chi connectivity index (χ1v) is 9.46. The van der Waals surface area contributed by atoms with Gasteiger partial charge < -0.3 is 0 Å². The zero-order valence-electron chi connectivity index (χ0n) is 15.0. The van der Waals surface area contributed by atoms with Crippen LogP contribution >= 0.6 is 0 Å². The van der Waals surface area contributed by atoms with E-state index in [2.05, 4.69) is 93.6 Å². The summed E-state index contributed by atoms with van der Waals surface area (Å²) in [5.41, 5.74) is 3.92. The molecule has 134 valence electrons. The molecule has 0 heterocycles. The fourth-order valence-electron chi connectivity index (χ4n) is 2.43. The summed E-state index contributed by atoms with van der Waals surface area (Å²) >= 11 is 0. The van der Waals surface area contributed by atoms with Crippen molar-refractivity contribution in [3.8, 4) is 0 Å². The van der Waals surface area contributed by atoms with E-state index < -0.39 is 7.54 Å². The van der Waals surface area contributed by atoms with Crippen molar-refractivity contribution < 1.29 is 12.9 Å². The minimum Gasteiger partial charge on any atom is -0.254 e. The van der Waals surface area contributed by atoms with E-state index >= 15 is 0 Å². The molecule has 0 aliphatic rings. The highest BCUT2D eigenvalue weighted by Gasteiger charge is 2.28. The molecule has 3 aromatic carbocycles. The highest BCUT2D eigenvalue weighted by atomic mass is 32.2. The summed E-state index contributed by atoms with van der Waals surface area (Å²) in [6.45, 7) is 6.42. The molecule has 0 aliphatic heterocycles. The van der Waals surface area contributed by atoms with Crippen LogP contribution in [0.2, 0.25) is 0 Å². The quantitative estimate of drug-likeness (QED) is 0.359. The Morgan fingerprint density at radius 1 is 0.500 bits per heavy atom. The summed E-state index contributed by atoms with van der Waals surface area (Å²) in [5.74, 6) is 0. The molecule has 5 heteroatoms. The number of halogens is 3. The first kappa shape index (κ1) is 20.2. The first-order valence-electron chi connectivity index (χ1n) is 8.23. The molecule has 3 rings (SSSR count).